The highest BCUT2D eigenvalue weighted by Crippen LogP contribution is 2.25. The summed E-state index contributed by atoms with van der Waals surface area (Å²) in [7, 11) is 0. The van der Waals surface area contributed by atoms with Crippen LogP contribution in [0.15, 0.2) is 18.2 Å². The van der Waals surface area contributed by atoms with Crippen molar-refractivity contribution in [1.29, 1.82) is 0 Å². The molecule has 0 aliphatic rings. The Bertz CT molecular complexity index is 443. The predicted molar refractivity (Wildman–Crippen MR) is 68.2 cm³/mol. The lowest BCUT2D eigenvalue weighted by Gasteiger charge is -2.07. The molecule has 0 aliphatic heterocycles. The second-order valence-electron chi connectivity index (χ2n) is 3.48. The van der Waals surface area contributed by atoms with Crippen molar-refractivity contribution < 1.29 is 19.1 Å². The first-order valence-corrected chi connectivity index (χ1v) is 6.07. The number of benzene rings is 1. The molecule has 1 rings (SSSR count). The highest BCUT2D eigenvalue weighted by atomic mass is 35.5. The Morgan fingerprint density at radius 3 is 2.50 bits per heavy atom. The van der Waals surface area contributed by atoms with Crippen molar-refractivity contribution in [2.24, 2.45) is 0 Å². The number of carbonyl (C=O) groups is 2. The standard InChI is InChI=1S/C13H15ClO4/c1-3-17-12-6-5-9(7-10(12)14)11(15)8-13(16)18-4-2/h5-7H,3-4,8H2,1-2H3. The molecule has 0 fully saturated rings. The van der Waals surface area contributed by atoms with Crippen LogP contribution in [0.4, 0.5) is 0 Å². The summed E-state index contributed by atoms with van der Waals surface area (Å²) in [6.07, 6.45) is -0.280. The Labute approximate surface area is 111 Å². The zero-order chi connectivity index (χ0) is 13.5. The molecule has 0 N–H and O–H groups in total. The molecule has 5 heteroatoms. The van der Waals surface area contributed by atoms with E-state index in [0.29, 0.717) is 22.9 Å². The molecule has 0 spiro atoms. The number of hydrogen-bond donors (Lipinski definition) is 0. The zero-order valence-electron chi connectivity index (χ0n) is 10.4. The van der Waals surface area contributed by atoms with Crippen molar-refractivity contribution in [2.75, 3.05) is 13.2 Å². The van der Waals surface area contributed by atoms with Crippen molar-refractivity contribution in [3.63, 3.8) is 0 Å². The van der Waals surface area contributed by atoms with Gasteiger partial charge in [-0.1, -0.05) is 11.6 Å². The summed E-state index contributed by atoms with van der Waals surface area (Å²) in [6.45, 7) is 4.29. The van der Waals surface area contributed by atoms with Gasteiger partial charge in [-0.3, -0.25) is 9.59 Å². The van der Waals surface area contributed by atoms with Crippen molar-refractivity contribution >= 4 is 23.4 Å². The van der Waals surface area contributed by atoms with Gasteiger partial charge in [-0.15, -0.1) is 0 Å². The number of ether oxygens (including phenoxy) is 2. The quantitative estimate of drug-likeness (QED) is 0.453. The molecule has 0 aliphatic carbocycles. The van der Waals surface area contributed by atoms with Gasteiger partial charge in [0.2, 0.25) is 0 Å². The Hall–Kier alpha value is -1.55. The molecule has 0 bridgehead atoms. The van der Waals surface area contributed by atoms with Gasteiger partial charge in [-0.2, -0.15) is 0 Å². The molecule has 0 saturated heterocycles. The molecule has 4 nitrogen and oxygen atoms in total. The highest BCUT2D eigenvalue weighted by Gasteiger charge is 2.14. The fraction of sp³-hybridized carbons (Fsp3) is 0.385. The molecule has 0 atom stereocenters. The van der Waals surface area contributed by atoms with E-state index in [9.17, 15) is 9.59 Å². The predicted octanol–water partition coefficient (Wildman–Crippen LogP) is 2.87. The number of rotatable bonds is 6. The van der Waals surface area contributed by atoms with Gasteiger partial charge in [0.25, 0.3) is 0 Å². The summed E-state index contributed by atoms with van der Waals surface area (Å²) in [6, 6.07) is 4.69. The lowest BCUT2D eigenvalue weighted by atomic mass is 10.1. The van der Waals surface area contributed by atoms with Crippen LogP contribution in [0.3, 0.4) is 0 Å². The third kappa shape index (κ3) is 4.04. The van der Waals surface area contributed by atoms with Crippen LogP contribution in [0.2, 0.25) is 5.02 Å². The zero-order valence-corrected chi connectivity index (χ0v) is 11.1. The summed E-state index contributed by atoms with van der Waals surface area (Å²) >= 11 is 5.96. The van der Waals surface area contributed by atoms with Gasteiger partial charge in [0, 0.05) is 5.56 Å². The number of Topliss-reactive ketones (excluding diaryl/α,β-unsaturated/α-hetero) is 1. The van der Waals surface area contributed by atoms with Crippen LogP contribution in [0.1, 0.15) is 30.6 Å². The minimum atomic E-state index is -0.535. The van der Waals surface area contributed by atoms with Gasteiger partial charge in [0.1, 0.15) is 12.2 Å². The van der Waals surface area contributed by atoms with E-state index < -0.39 is 5.97 Å². The Morgan fingerprint density at radius 2 is 1.94 bits per heavy atom. The maximum Gasteiger partial charge on any atom is 0.313 e. The summed E-state index contributed by atoms with van der Waals surface area (Å²) in [5.41, 5.74) is 0.372. The molecule has 98 valence electrons. The maximum atomic E-state index is 11.8. The van der Waals surface area contributed by atoms with Crippen LogP contribution in [-0.4, -0.2) is 25.0 Å². The van der Waals surface area contributed by atoms with Crippen LogP contribution < -0.4 is 4.74 Å². The average Bonchev–Trinajstić information content (AvgIpc) is 2.32. The van der Waals surface area contributed by atoms with Gasteiger partial charge in [-0.05, 0) is 32.0 Å². The molecule has 0 radical (unpaired) electrons. The van der Waals surface area contributed by atoms with E-state index in [1.54, 1.807) is 19.1 Å². The largest absolute Gasteiger partial charge is 0.492 e. The van der Waals surface area contributed by atoms with Crippen LogP contribution >= 0.6 is 11.6 Å². The maximum absolute atomic E-state index is 11.8. The first-order chi connectivity index (χ1) is 8.58. The summed E-state index contributed by atoms with van der Waals surface area (Å²) in [5.74, 6) is -0.335. The molecule has 0 amide bonds. The van der Waals surface area contributed by atoms with E-state index in [0.717, 1.165) is 0 Å². The number of carbonyl (C=O) groups excluding carboxylic acids is 2. The summed E-state index contributed by atoms with van der Waals surface area (Å²) in [5, 5.41) is 0.353. The molecule has 0 saturated carbocycles. The van der Waals surface area contributed by atoms with E-state index in [-0.39, 0.29) is 18.8 Å². The smallest absolute Gasteiger partial charge is 0.313 e. The molecule has 0 unspecified atom stereocenters. The van der Waals surface area contributed by atoms with Gasteiger partial charge in [-0.25, -0.2) is 0 Å². The molecule has 1 aromatic carbocycles. The van der Waals surface area contributed by atoms with Crippen molar-refractivity contribution in [1.82, 2.24) is 0 Å². The number of ketones is 1. The number of halogens is 1. The normalized spacial score (nSPS) is 9.94. The second-order valence-corrected chi connectivity index (χ2v) is 3.89. The second kappa shape index (κ2) is 7.01. The SMILES string of the molecule is CCOC(=O)CC(=O)c1ccc(OCC)c(Cl)c1. The minimum Gasteiger partial charge on any atom is -0.492 e. The fourth-order valence-electron chi connectivity index (χ4n) is 1.39. The third-order valence-electron chi connectivity index (χ3n) is 2.16. The van der Waals surface area contributed by atoms with Crippen LogP contribution in [0.25, 0.3) is 0 Å². The molecule has 0 aromatic heterocycles. The average molecular weight is 271 g/mol. The van der Waals surface area contributed by atoms with E-state index in [2.05, 4.69) is 0 Å². The lowest BCUT2D eigenvalue weighted by molar-refractivity contribution is -0.141. The molecule has 0 heterocycles. The fourth-order valence-corrected chi connectivity index (χ4v) is 1.63. The summed E-state index contributed by atoms with van der Waals surface area (Å²) < 4.78 is 9.97. The molecule has 18 heavy (non-hydrogen) atoms. The van der Waals surface area contributed by atoms with E-state index >= 15 is 0 Å². The number of hydrogen-bond acceptors (Lipinski definition) is 4. The van der Waals surface area contributed by atoms with E-state index in [1.807, 2.05) is 6.92 Å². The van der Waals surface area contributed by atoms with E-state index in [1.165, 1.54) is 6.07 Å². The Morgan fingerprint density at radius 1 is 1.22 bits per heavy atom. The van der Waals surface area contributed by atoms with E-state index in [4.69, 9.17) is 21.1 Å². The Kier molecular flexibility index (Phi) is 5.65. The van der Waals surface area contributed by atoms with Crippen molar-refractivity contribution in [2.45, 2.75) is 20.3 Å². The van der Waals surface area contributed by atoms with Crippen LogP contribution in [0.5, 0.6) is 5.75 Å². The monoisotopic (exact) mass is 270 g/mol. The van der Waals surface area contributed by atoms with Gasteiger partial charge < -0.3 is 9.47 Å². The molecule has 1 aromatic rings. The van der Waals surface area contributed by atoms with Gasteiger partial charge in [0.05, 0.1) is 18.2 Å². The highest BCUT2D eigenvalue weighted by molar-refractivity contribution is 6.32. The van der Waals surface area contributed by atoms with Crippen LogP contribution in [0, 0.1) is 0 Å². The van der Waals surface area contributed by atoms with Gasteiger partial charge >= 0.3 is 5.97 Å². The summed E-state index contributed by atoms with van der Waals surface area (Å²) in [4.78, 5) is 22.9. The molecular weight excluding hydrogens is 256 g/mol. The first-order valence-electron chi connectivity index (χ1n) is 5.69. The van der Waals surface area contributed by atoms with Crippen molar-refractivity contribution in [3.05, 3.63) is 28.8 Å². The number of esters is 1. The van der Waals surface area contributed by atoms with Crippen LogP contribution in [-0.2, 0) is 9.53 Å². The minimum absolute atomic E-state index is 0.260. The van der Waals surface area contributed by atoms with Crippen molar-refractivity contribution in [3.8, 4) is 5.75 Å². The lowest BCUT2D eigenvalue weighted by Crippen LogP contribution is -2.11. The van der Waals surface area contributed by atoms with Gasteiger partial charge in [0.15, 0.2) is 5.78 Å². The Balaban J connectivity index is 2.75. The molecular formula is C13H15ClO4. The third-order valence-corrected chi connectivity index (χ3v) is 2.46. The topological polar surface area (TPSA) is 52.6 Å². The first kappa shape index (κ1) is 14.5.